The summed E-state index contributed by atoms with van der Waals surface area (Å²) in [5.74, 6) is -0.630. The Bertz CT molecular complexity index is 1280. The predicted octanol–water partition coefficient (Wildman–Crippen LogP) is 4.45. The largest absolute Gasteiger partial charge is 0.448 e. The molecule has 1 saturated heterocycles. The molecule has 0 aromatic heterocycles. The van der Waals surface area contributed by atoms with E-state index in [2.05, 4.69) is 5.32 Å². The van der Waals surface area contributed by atoms with E-state index in [0.717, 1.165) is 16.7 Å². The number of carbonyl (C=O) groups excluding carboxylic acids is 3. The molecule has 0 bridgehead atoms. The number of halogens is 1. The van der Waals surface area contributed by atoms with Crippen LogP contribution in [0.2, 0.25) is 0 Å². The summed E-state index contributed by atoms with van der Waals surface area (Å²) in [6.45, 7) is 0. The molecule has 0 spiro atoms. The summed E-state index contributed by atoms with van der Waals surface area (Å²) in [6.07, 6.45) is -0.472. The monoisotopic (exact) mass is 532 g/mol. The number of ether oxygens (including phenoxy) is 1. The van der Waals surface area contributed by atoms with Crippen molar-refractivity contribution in [2.45, 2.75) is 23.9 Å². The quantitative estimate of drug-likeness (QED) is 0.263. The molecule has 5 rings (SSSR count). The van der Waals surface area contributed by atoms with Gasteiger partial charge in [-0.05, 0) is 22.3 Å². The molecule has 2 atom stereocenters. The number of benzene rings is 3. The summed E-state index contributed by atoms with van der Waals surface area (Å²) in [5.41, 5.74) is 3.31. The normalized spacial score (nSPS) is 18.8. The summed E-state index contributed by atoms with van der Waals surface area (Å²) in [7, 11) is 0. The molecular weight excluding hydrogens is 508 g/mol. The third-order valence-electron chi connectivity index (χ3n) is 6.36. The number of thioether (sulfide) groups is 1. The van der Waals surface area contributed by atoms with E-state index in [9.17, 15) is 14.4 Å². The second kappa shape index (κ2) is 11.2. The second-order valence-electron chi connectivity index (χ2n) is 8.81. The lowest BCUT2D eigenvalue weighted by atomic mass is 10.0. The molecule has 0 unspecified atom stereocenters. The van der Waals surface area contributed by atoms with Gasteiger partial charge < -0.3 is 10.1 Å². The van der Waals surface area contributed by atoms with Crippen LogP contribution >= 0.6 is 23.4 Å². The number of esters is 1. The fraction of sp³-hybridized carbons (Fsp3) is 0.207. The van der Waals surface area contributed by atoms with Crippen molar-refractivity contribution >= 4 is 41.1 Å². The van der Waals surface area contributed by atoms with Crippen LogP contribution in [0.1, 0.15) is 22.8 Å². The van der Waals surface area contributed by atoms with Gasteiger partial charge in [0.1, 0.15) is 17.1 Å². The Hall–Kier alpha value is -3.55. The molecule has 0 aliphatic carbocycles. The highest BCUT2D eigenvalue weighted by Gasteiger charge is 2.54. The number of rotatable bonds is 8. The topological polar surface area (TPSA) is 75.7 Å². The first-order chi connectivity index (χ1) is 18.1. The van der Waals surface area contributed by atoms with E-state index in [0.29, 0.717) is 11.3 Å². The van der Waals surface area contributed by atoms with Crippen molar-refractivity contribution in [1.29, 1.82) is 0 Å². The smallest absolute Gasteiger partial charge is 0.356 e. The minimum absolute atomic E-state index is 0.0975. The molecule has 0 saturated carbocycles. The van der Waals surface area contributed by atoms with Gasteiger partial charge in [-0.2, -0.15) is 0 Å². The van der Waals surface area contributed by atoms with Crippen LogP contribution in [0.3, 0.4) is 0 Å². The standard InChI is InChI=1S/C29H25ClN2O4S/c30-17-22-18-37-28-24(31-23(33)16-19-10-4-1-5-11-19)27(34)32(28)25(22)29(35)36-26(20-12-6-2-7-13-20)21-14-8-3-9-15-21/h1-15,24,26,28H,16-18H2,(H,31,33)/t24-,28-/m0/s1. The van der Waals surface area contributed by atoms with Gasteiger partial charge >= 0.3 is 5.97 Å². The van der Waals surface area contributed by atoms with Gasteiger partial charge in [0.15, 0.2) is 6.10 Å². The van der Waals surface area contributed by atoms with Crippen molar-refractivity contribution in [2.24, 2.45) is 0 Å². The number of carbonyl (C=O) groups is 3. The summed E-state index contributed by atoms with van der Waals surface area (Å²) >= 11 is 7.68. The van der Waals surface area contributed by atoms with Crippen LogP contribution in [0, 0.1) is 0 Å². The lowest BCUT2D eigenvalue weighted by Crippen LogP contribution is -2.70. The highest BCUT2D eigenvalue weighted by atomic mass is 35.5. The molecule has 3 aromatic carbocycles. The number of β-lactam (4-membered cyclic amide) rings is 1. The maximum absolute atomic E-state index is 13.6. The van der Waals surface area contributed by atoms with Crippen molar-refractivity contribution < 1.29 is 19.1 Å². The number of nitrogens with zero attached hydrogens (tertiary/aromatic N) is 1. The van der Waals surface area contributed by atoms with Gasteiger partial charge in [0, 0.05) is 11.6 Å². The molecule has 37 heavy (non-hydrogen) atoms. The minimum atomic E-state index is -0.708. The number of amides is 2. The molecule has 2 aliphatic rings. The zero-order valence-corrected chi connectivity index (χ0v) is 21.5. The molecule has 8 heteroatoms. The second-order valence-corrected chi connectivity index (χ2v) is 10.2. The number of nitrogens with one attached hydrogen (secondary N) is 1. The Morgan fingerprint density at radius 1 is 0.946 bits per heavy atom. The van der Waals surface area contributed by atoms with E-state index in [1.807, 2.05) is 91.0 Å². The Labute approximate surface area is 224 Å². The van der Waals surface area contributed by atoms with Crippen LogP contribution in [0.25, 0.3) is 0 Å². The van der Waals surface area contributed by atoms with Crippen molar-refractivity contribution in [3.05, 3.63) is 119 Å². The number of alkyl halides is 1. The zero-order valence-electron chi connectivity index (χ0n) is 19.9. The molecule has 1 fully saturated rings. The van der Waals surface area contributed by atoms with Gasteiger partial charge in [0.05, 0.1) is 6.42 Å². The fourth-order valence-electron chi connectivity index (χ4n) is 4.53. The molecular formula is C29H25ClN2O4S. The van der Waals surface area contributed by atoms with Crippen LogP contribution in [-0.2, 0) is 25.5 Å². The van der Waals surface area contributed by atoms with E-state index in [4.69, 9.17) is 16.3 Å². The molecule has 188 valence electrons. The van der Waals surface area contributed by atoms with E-state index in [1.165, 1.54) is 16.7 Å². The maximum Gasteiger partial charge on any atom is 0.356 e. The third kappa shape index (κ3) is 5.29. The Morgan fingerprint density at radius 3 is 2.08 bits per heavy atom. The van der Waals surface area contributed by atoms with Crippen molar-refractivity contribution in [2.75, 3.05) is 11.6 Å². The van der Waals surface area contributed by atoms with Crippen LogP contribution in [0.5, 0.6) is 0 Å². The first kappa shape index (κ1) is 25.1. The summed E-state index contributed by atoms with van der Waals surface area (Å²) < 4.78 is 6.04. The third-order valence-corrected chi connectivity index (χ3v) is 8.02. The van der Waals surface area contributed by atoms with Gasteiger partial charge in [-0.15, -0.1) is 23.4 Å². The van der Waals surface area contributed by atoms with Crippen LogP contribution in [0.15, 0.2) is 102 Å². The average molecular weight is 533 g/mol. The molecule has 2 amide bonds. The highest BCUT2D eigenvalue weighted by molar-refractivity contribution is 8.00. The van der Waals surface area contributed by atoms with Gasteiger partial charge in [-0.1, -0.05) is 91.0 Å². The summed E-state index contributed by atoms with van der Waals surface area (Å²) in [6, 6.07) is 27.6. The van der Waals surface area contributed by atoms with E-state index >= 15 is 0 Å². The predicted molar refractivity (Wildman–Crippen MR) is 144 cm³/mol. The van der Waals surface area contributed by atoms with Crippen molar-refractivity contribution in [1.82, 2.24) is 10.2 Å². The maximum atomic E-state index is 13.6. The van der Waals surface area contributed by atoms with E-state index in [1.54, 1.807) is 0 Å². The molecule has 2 aliphatic heterocycles. The molecule has 6 nitrogen and oxygen atoms in total. The molecule has 2 heterocycles. The van der Waals surface area contributed by atoms with Crippen LogP contribution in [-0.4, -0.2) is 45.7 Å². The SMILES string of the molecule is O=C(Cc1ccccc1)N[C@H]1C(=O)N2C(C(=O)OC(c3ccccc3)c3ccccc3)=C(CCl)CS[C@@H]12. The molecule has 0 radical (unpaired) electrons. The van der Waals surface area contributed by atoms with Gasteiger partial charge in [-0.3, -0.25) is 14.5 Å². The molecule has 3 aromatic rings. The van der Waals surface area contributed by atoms with Crippen molar-refractivity contribution in [3.63, 3.8) is 0 Å². The van der Waals surface area contributed by atoms with E-state index in [-0.39, 0.29) is 29.8 Å². The van der Waals surface area contributed by atoms with Gasteiger partial charge in [0.25, 0.3) is 5.91 Å². The van der Waals surface area contributed by atoms with Crippen LogP contribution < -0.4 is 5.32 Å². The lowest BCUT2D eigenvalue weighted by Gasteiger charge is -2.49. The van der Waals surface area contributed by atoms with Crippen LogP contribution in [0.4, 0.5) is 0 Å². The fourth-order valence-corrected chi connectivity index (χ4v) is 6.21. The van der Waals surface area contributed by atoms with E-state index < -0.39 is 23.5 Å². The number of fused-ring (bicyclic) bond motifs is 1. The minimum Gasteiger partial charge on any atom is -0.448 e. The Balaban J connectivity index is 1.35. The summed E-state index contributed by atoms with van der Waals surface area (Å²) in [4.78, 5) is 40.8. The first-order valence-electron chi connectivity index (χ1n) is 11.9. The Kier molecular flexibility index (Phi) is 7.63. The van der Waals surface area contributed by atoms with Gasteiger partial charge in [0.2, 0.25) is 5.91 Å². The van der Waals surface area contributed by atoms with Gasteiger partial charge in [-0.25, -0.2) is 4.79 Å². The molecule has 1 N–H and O–H groups in total. The lowest BCUT2D eigenvalue weighted by molar-refractivity contribution is -0.154. The average Bonchev–Trinajstić information content (AvgIpc) is 2.95. The number of hydrogen-bond donors (Lipinski definition) is 1. The summed E-state index contributed by atoms with van der Waals surface area (Å²) in [5, 5.41) is 2.45. The Morgan fingerprint density at radius 2 is 1.51 bits per heavy atom. The highest BCUT2D eigenvalue weighted by Crippen LogP contribution is 2.41. The zero-order chi connectivity index (χ0) is 25.8. The van der Waals surface area contributed by atoms with Crippen molar-refractivity contribution in [3.8, 4) is 0 Å². The first-order valence-corrected chi connectivity index (χ1v) is 13.5. The number of hydrogen-bond acceptors (Lipinski definition) is 5.